The second-order valence-corrected chi connectivity index (χ2v) is 9.35. The van der Waals surface area contributed by atoms with Crippen molar-refractivity contribution in [1.82, 2.24) is 14.9 Å². The van der Waals surface area contributed by atoms with E-state index >= 15 is 0 Å². The number of nitrogens with one attached hydrogen (secondary N) is 2. The smallest absolute Gasteiger partial charge is 0.248 e. The van der Waals surface area contributed by atoms with Gasteiger partial charge in [-0.15, -0.1) is 0 Å². The Morgan fingerprint density at radius 2 is 2.29 bits per heavy atom. The van der Waals surface area contributed by atoms with E-state index in [0.29, 0.717) is 48.2 Å². The number of likely N-dealkylation sites (N-methyl/N-ethyl adjacent to an activating group) is 1. The first-order valence-corrected chi connectivity index (χ1v) is 11.7. The Hall–Kier alpha value is -3.25. The molecular formula is C26H27ClFN5O2. The molecular weight excluding hydrogens is 469 g/mol. The number of anilines is 2. The lowest BCUT2D eigenvalue weighted by Crippen LogP contribution is -2.14. The van der Waals surface area contributed by atoms with Crippen molar-refractivity contribution in [3.05, 3.63) is 60.0 Å². The van der Waals surface area contributed by atoms with Crippen LogP contribution in [-0.2, 0) is 9.53 Å². The predicted octanol–water partition coefficient (Wildman–Crippen LogP) is 4.23. The normalized spacial score (nSPS) is 21.7. The van der Waals surface area contributed by atoms with Gasteiger partial charge in [0.2, 0.25) is 17.0 Å². The number of carbonyl (C=O) groups excluding carboxylic acids is 1. The first kappa shape index (κ1) is 24.9. The van der Waals surface area contributed by atoms with E-state index in [2.05, 4.69) is 32.4 Å². The third-order valence-electron chi connectivity index (χ3n) is 5.41. The van der Waals surface area contributed by atoms with Gasteiger partial charge in [0.15, 0.2) is 0 Å². The number of aromatic nitrogens is 2. The summed E-state index contributed by atoms with van der Waals surface area (Å²) in [4.78, 5) is 23.4. The molecule has 0 bridgehead atoms. The van der Waals surface area contributed by atoms with E-state index in [9.17, 15) is 9.18 Å². The molecule has 1 aromatic heterocycles. The van der Waals surface area contributed by atoms with Gasteiger partial charge in [-0.2, -0.15) is 0 Å². The van der Waals surface area contributed by atoms with Crippen LogP contribution in [0.3, 0.4) is 0 Å². The molecule has 9 heteroatoms. The topological polar surface area (TPSA) is 79.4 Å². The fraction of sp³-hybridized carbons (Fsp3) is 0.346. The number of hydrogen-bond acceptors (Lipinski definition) is 6. The summed E-state index contributed by atoms with van der Waals surface area (Å²) in [5.41, 5.74) is 2.57. The van der Waals surface area contributed by atoms with Crippen molar-refractivity contribution in [2.45, 2.75) is 18.0 Å². The highest BCUT2D eigenvalue weighted by Crippen LogP contribution is 2.29. The molecule has 0 radical (unpaired) electrons. The van der Waals surface area contributed by atoms with E-state index in [1.54, 1.807) is 24.4 Å². The summed E-state index contributed by atoms with van der Waals surface area (Å²) >= 11 is 5.69. The zero-order valence-corrected chi connectivity index (χ0v) is 20.4. The summed E-state index contributed by atoms with van der Waals surface area (Å²) in [6.07, 6.45) is 10.4. The van der Waals surface area contributed by atoms with Crippen LogP contribution in [0.4, 0.5) is 16.0 Å². The molecule has 1 aliphatic carbocycles. The number of fused-ring (bicyclic) bond motifs is 1. The summed E-state index contributed by atoms with van der Waals surface area (Å²) in [5, 5.41) is 4.88. The Bertz CT molecular complexity index is 1250. The maximum Gasteiger partial charge on any atom is 0.248 e. The number of nitrogens with zero attached hydrogens (tertiary/aromatic N) is 3. The molecule has 1 saturated heterocycles. The molecule has 4 rings (SSSR count). The van der Waals surface area contributed by atoms with Crippen molar-refractivity contribution in [1.29, 1.82) is 0 Å². The van der Waals surface area contributed by atoms with Crippen LogP contribution in [0.2, 0.25) is 0 Å². The highest BCUT2D eigenvalue weighted by atomic mass is 35.5. The third-order valence-corrected chi connectivity index (χ3v) is 5.69. The Labute approximate surface area is 209 Å². The summed E-state index contributed by atoms with van der Waals surface area (Å²) in [7, 11) is 3.87. The molecule has 35 heavy (non-hydrogen) atoms. The van der Waals surface area contributed by atoms with Gasteiger partial charge in [0.1, 0.15) is 0 Å². The molecule has 1 aliphatic heterocycles. The van der Waals surface area contributed by atoms with Crippen LogP contribution in [0.15, 0.2) is 54.4 Å². The van der Waals surface area contributed by atoms with Gasteiger partial charge in [-0.3, -0.25) is 4.79 Å². The molecule has 7 nitrogen and oxygen atoms in total. The van der Waals surface area contributed by atoms with Crippen LogP contribution >= 0.6 is 11.6 Å². The van der Waals surface area contributed by atoms with Crippen LogP contribution < -0.4 is 10.6 Å². The second kappa shape index (κ2) is 11.0. The van der Waals surface area contributed by atoms with Crippen molar-refractivity contribution in [2.75, 3.05) is 44.5 Å². The Kier molecular flexibility index (Phi) is 7.81. The van der Waals surface area contributed by atoms with Crippen LogP contribution in [0.1, 0.15) is 18.4 Å². The lowest BCUT2D eigenvalue weighted by atomic mass is 10.1. The number of halogens is 2. The van der Waals surface area contributed by atoms with Crippen molar-refractivity contribution in [2.24, 2.45) is 5.92 Å². The van der Waals surface area contributed by atoms with E-state index in [-0.39, 0.29) is 18.2 Å². The number of rotatable bonds is 6. The minimum atomic E-state index is -1.87. The Morgan fingerprint density at radius 1 is 1.43 bits per heavy atom. The first-order valence-electron chi connectivity index (χ1n) is 11.3. The van der Waals surface area contributed by atoms with Gasteiger partial charge in [0, 0.05) is 48.8 Å². The molecule has 2 heterocycles. The minimum absolute atomic E-state index is 0.0532. The van der Waals surface area contributed by atoms with E-state index in [1.807, 2.05) is 31.1 Å². The van der Waals surface area contributed by atoms with Gasteiger partial charge in [-0.1, -0.05) is 35.6 Å². The number of benzene rings is 1. The van der Waals surface area contributed by atoms with E-state index < -0.39 is 5.13 Å². The maximum atomic E-state index is 13.8. The SMILES string of the molecule is CN(C)C/C=C/C(=O)Nc1cc2cnc(NC3=CCC(F)(Cl)C=C3)nc2cc1C#CC1CCOC1. The molecule has 2 aliphatic rings. The van der Waals surface area contributed by atoms with Crippen molar-refractivity contribution in [3.63, 3.8) is 0 Å². The molecule has 2 N–H and O–H groups in total. The molecule has 1 aromatic carbocycles. The number of allylic oxidation sites excluding steroid dienone is 3. The van der Waals surface area contributed by atoms with Crippen molar-refractivity contribution >= 4 is 40.0 Å². The van der Waals surface area contributed by atoms with Crippen molar-refractivity contribution < 1.29 is 13.9 Å². The van der Waals surface area contributed by atoms with E-state index in [4.69, 9.17) is 16.3 Å². The second-order valence-electron chi connectivity index (χ2n) is 8.72. The van der Waals surface area contributed by atoms with Gasteiger partial charge in [0.05, 0.1) is 23.4 Å². The monoisotopic (exact) mass is 495 g/mol. The first-order chi connectivity index (χ1) is 16.8. The fourth-order valence-corrected chi connectivity index (χ4v) is 3.67. The largest absolute Gasteiger partial charge is 0.380 e. The molecule has 2 atom stereocenters. The van der Waals surface area contributed by atoms with Crippen LogP contribution in [0.5, 0.6) is 0 Å². The Morgan fingerprint density at radius 3 is 3.00 bits per heavy atom. The molecule has 2 aromatic rings. The summed E-state index contributed by atoms with van der Waals surface area (Å²) in [5.74, 6) is 6.73. The predicted molar refractivity (Wildman–Crippen MR) is 137 cm³/mol. The standard InChI is InChI=1S/C26H27ClFN5O2/c1-33(2)12-3-4-24(34)31-22-15-20-16-29-25(30-21-7-10-26(27,28)11-8-21)32-23(20)14-19(22)6-5-18-9-13-35-17-18/h3-4,7-8,10,14-16,18H,9,11-13,17H2,1-2H3,(H,31,34)(H,29,30,32)/b4-3+. The fourth-order valence-electron chi connectivity index (χ4n) is 3.53. The lowest BCUT2D eigenvalue weighted by Gasteiger charge is -2.17. The van der Waals surface area contributed by atoms with E-state index in [0.717, 1.165) is 11.8 Å². The van der Waals surface area contributed by atoms with Crippen molar-refractivity contribution in [3.8, 4) is 11.8 Å². The van der Waals surface area contributed by atoms with Gasteiger partial charge in [0.25, 0.3) is 0 Å². The maximum absolute atomic E-state index is 13.8. The average Bonchev–Trinajstić information content (AvgIpc) is 3.32. The van der Waals surface area contributed by atoms with Crippen LogP contribution in [0, 0.1) is 17.8 Å². The molecule has 1 fully saturated rings. The highest BCUT2D eigenvalue weighted by molar-refractivity contribution is 6.24. The lowest BCUT2D eigenvalue weighted by molar-refractivity contribution is -0.111. The van der Waals surface area contributed by atoms with Crippen LogP contribution in [0.25, 0.3) is 10.9 Å². The molecule has 1 amide bonds. The zero-order valence-electron chi connectivity index (χ0n) is 19.6. The average molecular weight is 496 g/mol. The van der Waals surface area contributed by atoms with Gasteiger partial charge in [-0.05, 0) is 44.8 Å². The third kappa shape index (κ3) is 7.12. The minimum Gasteiger partial charge on any atom is -0.380 e. The molecule has 182 valence electrons. The summed E-state index contributed by atoms with van der Waals surface area (Å²) in [6.45, 7) is 1.97. The quantitative estimate of drug-likeness (QED) is 0.354. The van der Waals surface area contributed by atoms with Crippen LogP contribution in [-0.4, -0.2) is 59.8 Å². The zero-order chi connectivity index (χ0) is 24.8. The van der Waals surface area contributed by atoms with Gasteiger partial charge in [-0.25, -0.2) is 14.4 Å². The number of amides is 1. The van der Waals surface area contributed by atoms with E-state index in [1.165, 1.54) is 12.2 Å². The number of alkyl halides is 2. The molecule has 0 saturated carbocycles. The summed E-state index contributed by atoms with van der Waals surface area (Å²) < 4.78 is 19.2. The Balaban J connectivity index is 1.61. The number of hydrogen-bond donors (Lipinski definition) is 2. The molecule has 0 spiro atoms. The highest BCUT2D eigenvalue weighted by Gasteiger charge is 2.24. The number of ether oxygens (including phenoxy) is 1. The van der Waals surface area contributed by atoms with Gasteiger partial charge >= 0.3 is 0 Å². The number of carbonyl (C=O) groups is 1. The summed E-state index contributed by atoms with van der Waals surface area (Å²) in [6, 6.07) is 3.65. The molecule has 2 unspecified atom stereocenters. The van der Waals surface area contributed by atoms with Gasteiger partial charge < -0.3 is 20.3 Å².